The first-order chi connectivity index (χ1) is 10.4. The van der Waals surface area contributed by atoms with Crippen LogP contribution in [0.25, 0.3) is 0 Å². The lowest BCUT2D eigenvalue weighted by molar-refractivity contribution is -0.107. The molecule has 0 radical (unpaired) electrons. The summed E-state index contributed by atoms with van der Waals surface area (Å²) in [6.45, 7) is 9.44. The number of aliphatic hydroxyl groups excluding tert-OH is 1. The number of carbonyl (C=O) groups is 1. The average molecular weight is 412 g/mol. The number of hydrogen-bond acceptors (Lipinski definition) is 5. The molecule has 0 aromatic carbocycles. The first-order valence-corrected chi connectivity index (χ1v) is 10.1. The van der Waals surface area contributed by atoms with Gasteiger partial charge in [-0.25, -0.2) is 0 Å². The molecule has 0 spiro atoms. The summed E-state index contributed by atoms with van der Waals surface area (Å²) >= 11 is 15.5. The van der Waals surface area contributed by atoms with Crippen LogP contribution >= 0.6 is 47.6 Å². The smallest absolute Gasteiger partial charge is 0.119 e. The molecule has 3 atom stereocenters. The van der Waals surface area contributed by atoms with Crippen molar-refractivity contribution in [3.8, 4) is 0 Å². The van der Waals surface area contributed by atoms with Gasteiger partial charge >= 0.3 is 0 Å². The fourth-order valence-corrected chi connectivity index (χ4v) is 2.37. The highest BCUT2D eigenvalue weighted by Crippen LogP contribution is 2.28. The number of alkyl halides is 2. The molecule has 3 nitrogen and oxygen atoms in total. The zero-order chi connectivity index (χ0) is 17.8. The first kappa shape index (κ1) is 31.6. The van der Waals surface area contributed by atoms with Crippen molar-refractivity contribution in [1.29, 1.82) is 0 Å². The molecule has 0 saturated carbocycles. The van der Waals surface area contributed by atoms with Gasteiger partial charge in [-0.2, -0.15) is 12.6 Å². The largest absolute Gasteiger partial charge is 0.396 e. The topological polar surface area (TPSA) is 46.5 Å². The van der Waals surface area contributed by atoms with Crippen LogP contribution in [0.5, 0.6) is 0 Å². The Kier molecular flexibility index (Phi) is 38.1. The van der Waals surface area contributed by atoms with E-state index in [1.54, 1.807) is 0 Å². The number of rotatable bonds is 4. The Morgan fingerprint density at radius 2 is 1.91 bits per heavy atom. The summed E-state index contributed by atoms with van der Waals surface area (Å²) in [7, 11) is 0. The third-order valence-corrected chi connectivity index (χ3v) is 3.99. The van der Waals surface area contributed by atoms with E-state index in [9.17, 15) is 4.79 Å². The maximum Gasteiger partial charge on any atom is 0.119 e. The monoisotopic (exact) mass is 410 g/mol. The van der Waals surface area contributed by atoms with Gasteiger partial charge in [0.25, 0.3) is 0 Å². The van der Waals surface area contributed by atoms with Crippen LogP contribution in [0, 0.1) is 0 Å². The lowest BCUT2D eigenvalue weighted by atomic mass is 10.3. The van der Waals surface area contributed by atoms with Gasteiger partial charge in [-0.3, -0.25) is 0 Å². The summed E-state index contributed by atoms with van der Waals surface area (Å²) in [5.41, 5.74) is 0.480. The Bertz CT molecular complexity index is 212. The Morgan fingerprint density at radius 3 is 2.09 bits per heavy atom. The zero-order valence-electron chi connectivity index (χ0n) is 14.1. The van der Waals surface area contributed by atoms with Crippen LogP contribution in [-0.4, -0.2) is 45.9 Å². The molecule has 3 unspecified atom stereocenters. The van der Waals surface area contributed by atoms with E-state index < -0.39 is 0 Å². The molecule has 1 saturated heterocycles. The molecule has 1 rings (SSSR count). The fourth-order valence-electron chi connectivity index (χ4n) is 1.13. The summed E-state index contributed by atoms with van der Waals surface area (Å²) in [6, 6.07) is 0. The molecule has 1 aliphatic heterocycles. The van der Waals surface area contributed by atoms with Gasteiger partial charge in [0.05, 0.1) is 5.34 Å². The van der Waals surface area contributed by atoms with Crippen molar-refractivity contribution in [1.82, 2.24) is 0 Å². The van der Waals surface area contributed by atoms with E-state index in [1.165, 1.54) is 6.42 Å². The molecule has 23 heavy (non-hydrogen) atoms. The number of carbonyl (C=O) groups excluding carboxylic acids is 1. The van der Waals surface area contributed by atoms with E-state index in [-0.39, 0.29) is 19.4 Å². The third-order valence-electron chi connectivity index (χ3n) is 2.26. The van der Waals surface area contributed by atoms with Crippen molar-refractivity contribution in [2.75, 3.05) is 18.6 Å². The number of halogens is 2. The second-order valence-electron chi connectivity index (χ2n) is 4.48. The second kappa shape index (κ2) is 27.7. The van der Waals surface area contributed by atoms with Gasteiger partial charge in [0.1, 0.15) is 11.7 Å². The van der Waals surface area contributed by atoms with Gasteiger partial charge in [0.15, 0.2) is 0 Å². The number of thiol groups is 1. The third kappa shape index (κ3) is 35.0. The minimum absolute atomic E-state index is 0. The van der Waals surface area contributed by atoms with E-state index in [2.05, 4.69) is 26.5 Å². The van der Waals surface area contributed by atoms with E-state index in [0.29, 0.717) is 17.1 Å². The molecule has 0 amide bonds. The zero-order valence-corrected chi connectivity index (χ0v) is 17.4. The van der Waals surface area contributed by atoms with Crippen LogP contribution < -0.4 is 0 Å². The first-order valence-electron chi connectivity index (χ1n) is 7.54. The lowest BCUT2D eigenvalue weighted by Gasteiger charge is -2.25. The minimum Gasteiger partial charge on any atom is -0.396 e. The van der Waals surface area contributed by atoms with Crippen molar-refractivity contribution in [2.45, 2.75) is 76.7 Å². The molecule has 1 N–H and O–H groups in total. The van der Waals surface area contributed by atoms with E-state index in [0.717, 1.165) is 31.0 Å². The second-order valence-corrected chi connectivity index (χ2v) is 7.77. The van der Waals surface area contributed by atoms with Gasteiger partial charge in [-0.05, 0) is 19.3 Å². The highest BCUT2D eigenvalue weighted by molar-refractivity contribution is 8.00. The molecule has 1 aliphatic rings. The van der Waals surface area contributed by atoms with Gasteiger partial charge in [-0.1, -0.05) is 35.1 Å². The summed E-state index contributed by atoms with van der Waals surface area (Å²) < 4.78 is 5.46. The van der Waals surface area contributed by atoms with Crippen LogP contribution in [0.15, 0.2) is 0 Å². The molecule has 0 aromatic heterocycles. The molecule has 0 bridgehead atoms. The summed E-state index contributed by atoms with van der Waals surface area (Å²) in [5, 5.41) is 9.53. The molecule has 0 aliphatic carbocycles. The van der Waals surface area contributed by atoms with Crippen LogP contribution in [-0.2, 0) is 9.53 Å². The molecule has 0 aromatic rings. The van der Waals surface area contributed by atoms with Crippen molar-refractivity contribution in [2.24, 2.45) is 0 Å². The maximum atomic E-state index is 9.17. The summed E-state index contributed by atoms with van der Waals surface area (Å²) in [4.78, 5) is 9.17. The Labute approximate surface area is 163 Å². The maximum absolute atomic E-state index is 9.17. The number of hydrogen-bond donors (Lipinski definition) is 2. The number of aldehydes is 1. The SMILES string of the molecule is C.CC(S)CCO.CCC1OCCC(C)S1.CCC=O.ClCCl. The molecular weight excluding hydrogens is 375 g/mol. The number of aliphatic hydroxyl groups is 1. The fraction of sp³-hybridized carbons (Fsp3) is 0.938. The van der Waals surface area contributed by atoms with Gasteiger partial charge in [-0.15, -0.1) is 35.0 Å². The van der Waals surface area contributed by atoms with Crippen molar-refractivity contribution >= 4 is 53.9 Å². The minimum atomic E-state index is 0. The predicted octanol–water partition coefficient (Wildman–Crippen LogP) is 5.60. The van der Waals surface area contributed by atoms with E-state index in [4.69, 9.17) is 33.0 Å². The van der Waals surface area contributed by atoms with Crippen molar-refractivity contribution < 1.29 is 14.6 Å². The molecule has 7 heteroatoms. The van der Waals surface area contributed by atoms with E-state index >= 15 is 0 Å². The summed E-state index contributed by atoms with van der Waals surface area (Å²) in [6.07, 6.45) is 4.68. The van der Waals surface area contributed by atoms with Gasteiger partial charge in [0.2, 0.25) is 0 Å². The normalized spacial score (nSPS) is 20.0. The number of thioether (sulfide) groups is 1. The standard InChI is InChI=1S/C7H14OS.C4H10OS.C3H6O.CH2Cl2.CH4/c1-3-7-8-5-4-6(2)9-7;1-4(6)2-3-5;1-2-3-4;2-1-3;/h6-7H,3-5H2,1-2H3;4-6H,2-3H2,1H3;3H,2H2,1H3;1H2;1H4. The van der Waals surface area contributed by atoms with Crippen molar-refractivity contribution in [3.63, 3.8) is 0 Å². The van der Waals surface area contributed by atoms with E-state index in [1.807, 2.05) is 25.6 Å². The lowest BCUT2D eigenvalue weighted by Crippen LogP contribution is -2.20. The van der Waals surface area contributed by atoms with Gasteiger partial charge < -0.3 is 14.6 Å². The Hall–Kier alpha value is 0.870. The highest BCUT2D eigenvalue weighted by Gasteiger charge is 2.17. The summed E-state index contributed by atoms with van der Waals surface area (Å²) in [5.74, 6) is 0. The predicted molar refractivity (Wildman–Crippen MR) is 112 cm³/mol. The van der Waals surface area contributed by atoms with Gasteiger partial charge in [0, 0.05) is 30.1 Å². The van der Waals surface area contributed by atoms with Crippen LogP contribution in [0.3, 0.4) is 0 Å². The van der Waals surface area contributed by atoms with Crippen LogP contribution in [0.1, 0.15) is 60.8 Å². The quantitative estimate of drug-likeness (QED) is 0.359. The molecule has 144 valence electrons. The molecule has 1 heterocycles. The number of ether oxygens (including phenoxy) is 1. The Balaban J connectivity index is -0.000000114. The Morgan fingerprint density at radius 1 is 1.43 bits per heavy atom. The van der Waals surface area contributed by atoms with Crippen molar-refractivity contribution in [3.05, 3.63) is 0 Å². The van der Waals surface area contributed by atoms with Crippen LogP contribution in [0.4, 0.5) is 0 Å². The van der Waals surface area contributed by atoms with Crippen LogP contribution in [0.2, 0.25) is 0 Å². The average Bonchev–Trinajstić information content (AvgIpc) is 2.49. The molecular formula is C16H36Cl2O3S2. The molecule has 1 fully saturated rings. The highest BCUT2D eigenvalue weighted by atomic mass is 35.5.